The average Bonchev–Trinajstić information content (AvgIpc) is 2.21. The van der Waals surface area contributed by atoms with Crippen LogP contribution in [0.15, 0.2) is 17.1 Å². The highest BCUT2D eigenvalue weighted by molar-refractivity contribution is 5.98. The Balaban J connectivity index is 0. The standard InChI is InChI=1S/C9H16N2O.C2H6/c1-4-5-6-9(10-3)7-11-8(2)12;1-2/h5-6H,4,7H2,1-3H3,(H,11,12);1-2H3/b6-5-,10-9?;. The van der Waals surface area contributed by atoms with Gasteiger partial charge in [-0.3, -0.25) is 9.79 Å². The Morgan fingerprint density at radius 1 is 1.43 bits per heavy atom. The molecule has 0 aliphatic carbocycles. The molecule has 0 aromatic heterocycles. The third-order valence-electron chi connectivity index (χ3n) is 1.35. The SMILES string of the molecule is CC.CC/C=C\C(CNC(C)=O)=NC. The lowest BCUT2D eigenvalue weighted by molar-refractivity contribution is -0.118. The van der Waals surface area contributed by atoms with E-state index in [0.29, 0.717) is 6.54 Å². The largest absolute Gasteiger partial charge is 0.351 e. The highest BCUT2D eigenvalue weighted by Gasteiger charge is 1.93. The predicted molar refractivity (Wildman–Crippen MR) is 62.8 cm³/mol. The van der Waals surface area contributed by atoms with Gasteiger partial charge in [0.2, 0.25) is 5.91 Å². The van der Waals surface area contributed by atoms with E-state index in [-0.39, 0.29) is 5.91 Å². The summed E-state index contributed by atoms with van der Waals surface area (Å²) in [6.07, 6.45) is 4.93. The molecule has 3 nitrogen and oxygen atoms in total. The molecule has 0 aromatic rings. The maximum atomic E-state index is 10.5. The van der Waals surface area contributed by atoms with E-state index in [2.05, 4.69) is 17.2 Å². The summed E-state index contributed by atoms with van der Waals surface area (Å²) in [6, 6.07) is 0. The van der Waals surface area contributed by atoms with E-state index >= 15 is 0 Å². The van der Waals surface area contributed by atoms with Gasteiger partial charge in [-0.25, -0.2) is 0 Å². The van der Waals surface area contributed by atoms with Crippen LogP contribution < -0.4 is 5.32 Å². The van der Waals surface area contributed by atoms with Gasteiger partial charge in [-0.2, -0.15) is 0 Å². The van der Waals surface area contributed by atoms with Crippen LogP contribution in [0.5, 0.6) is 0 Å². The summed E-state index contributed by atoms with van der Waals surface area (Å²) in [5, 5.41) is 2.68. The first-order chi connectivity index (χ1) is 6.70. The molecule has 0 rings (SSSR count). The minimum Gasteiger partial charge on any atom is -0.351 e. The molecule has 82 valence electrons. The van der Waals surface area contributed by atoms with Gasteiger partial charge in [0, 0.05) is 14.0 Å². The Hall–Kier alpha value is -1.12. The van der Waals surface area contributed by atoms with Crippen LogP contribution in [0.3, 0.4) is 0 Å². The van der Waals surface area contributed by atoms with Crippen molar-refractivity contribution in [3.8, 4) is 0 Å². The zero-order valence-corrected chi connectivity index (χ0v) is 9.92. The fourth-order valence-electron chi connectivity index (χ4n) is 0.681. The van der Waals surface area contributed by atoms with E-state index in [1.54, 1.807) is 7.05 Å². The van der Waals surface area contributed by atoms with Crippen LogP contribution in [-0.4, -0.2) is 25.2 Å². The first kappa shape index (κ1) is 15.4. The third kappa shape index (κ3) is 10.9. The van der Waals surface area contributed by atoms with Crippen molar-refractivity contribution in [3.05, 3.63) is 12.2 Å². The fraction of sp³-hybridized carbons (Fsp3) is 0.636. The first-order valence-electron chi connectivity index (χ1n) is 5.07. The molecule has 0 spiro atoms. The van der Waals surface area contributed by atoms with Crippen molar-refractivity contribution < 1.29 is 4.79 Å². The summed E-state index contributed by atoms with van der Waals surface area (Å²) in [4.78, 5) is 14.6. The second-order valence-corrected chi connectivity index (χ2v) is 2.44. The summed E-state index contributed by atoms with van der Waals surface area (Å²) in [5.74, 6) is -0.0268. The van der Waals surface area contributed by atoms with Gasteiger partial charge in [-0.1, -0.05) is 26.8 Å². The second kappa shape index (κ2) is 11.9. The van der Waals surface area contributed by atoms with Crippen LogP contribution in [0.25, 0.3) is 0 Å². The number of amides is 1. The molecular weight excluding hydrogens is 176 g/mol. The first-order valence-corrected chi connectivity index (χ1v) is 5.07. The molecule has 0 aromatic carbocycles. The van der Waals surface area contributed by atoms with Gasteiger partial charge < -0.3 is 5.32 Å². The molecule has 0 fully saturated rings. The molecule has 0 radical (unpaired) electrons. The van der Waals surface area contributed by atoms with Crippen molar-refractivity contribution in [2.45, 2.75) is 34.1 Å². The van der Waals surface area contributed by atoms with Crippen LogP contribution in [-0.2, 0) is 4.79 Å². The fourth-order valence-corrected chi connectivity index (χ4v) is 0.681. The molecule has 1 amide bonds. The number of carbonyl (C=O) groups excluding carboxylic acids is 1. The quantitative estimate of drug-likeness (QED) is 0.691. The summed E-state index contributed by atoms with van der Waals surface area (Å²) < 4.78 is 0. The van der Waals surface area contributed by atoms with Crippen LogP contribution in [0.1, 0.15) is 34.1 Å². The molecule has 1 N–H and O–H groups in total. The summed E-state index contributed by atoms with van der Waals surface area (Å²) in [5.41, 5.74) is 0.895. The van der Waals surface area contributed by atoms with Gasteiger partial charge >= 0.3 is 0 Å². The molecule has 0 saturated heterocycles. The highest BCUT2D eigenvalue weighted by Crippen LogP contribution is 1.83. The summed E-state index contributed by atoms with van der Waals surface area (Å²) in [7, 11) is 1.72. The number of nitrogens with zero attached hydrogens (tertiary/aromatic N) is 1. The van der Waals surface area contributed by atoms with E-state index in [1.807, 2.05) is 26.0 Å². The molecule has 0 unspecified atom stereocenters. The van der Waals surface area contributed by atoms with Crippen molar-refractivity contribution in [1.29, 1.82) is 0 Å². The van der Waals surface area contributed by atoms with E-state index in [0.717, 1.165) is 12.1 Å². The van der Waals surface area contributed by atoms with Crippen LogP contribution in [0.2, 0.25) is 0 Å². The molecule has 0 aliphatic heterocycles. The zero-order valence-electron chi connectivity index (χ0n) is 9.92. The topological polar surface area (TPSA) is 41.5 Å². The van der Waals surface area contributed by atoms with Crippen LogP contribution in [0.4, 0.5) is 0 Å². The Bertz CT molecular complexity index is 195. The van der Waals surface area contributed by atoms with Crippen molar-refractivity contribution in [1.82, 2.24) is 5.32 Å². The van der Waals surface area contributed by atoms with Crippen molar-refractivity contribution in [2.75, 3.05) is 13.6 Å². The van der Waals surface area contributed by atoms with Crippen molar-refractivity contribution >= 4 is 11.6 Å². The average molecular weight is 198 g/mol. The van der Waals surface area contributed by atoms with Gasteiger partial charge in [0.25, 0.3) is 0 Å². The van der Waals surface area contributed by atoms with Gasteiger partial charge in [0.1, 0.15) is 0 Å². The lowest BCUT2D eigenvalue weighted by Gasteiger charge is -2.00. The van der Waals surface area contributed by atoms with E-state index in [4.69, 9.17) is 0 Å². The lowest BCUT2D eigenvalue weighted by Crippen LogP contribution is -2.26. The number of nitrogens with one attached hydrogen (secondary N) is 1. The Kier molecular flexibility index (Phi) is 13.0. The number of carbonyl (C=O) groups is 1. The highest BCUT2D eigenvalue weighted by atomic mass is 16.1. The molecule has 0 saturated carbocycles. The molecule has 0 heterocycles. The molecule has 0 aliphatic rings. The molecule has 0 bridgehead atoms. The van der Waals surface area contributed by atoms with E-state index < -0.39 is 0 Å². The number of allylic oxidation sites excluding steroid dienone is 1. The minimum absolute atomic E-state index is 0.0268. The lowest BCUT2D eigenvalue weighted by atomic mass is 10.3. The van der Waals surface area contributed by atoms with E-state index in [9.17, 15) is 4.79 Å². The zero-order chi connectivity index (χ0) is 11.4. The second-order valence-electron chi connectivity index (χ2n) is 2.44. The van der Waals surface area contributed by atoms with Gasteiger partial charge in [0.15, 0.2) is 0 Å². The Labute approximate surface area is 87.3 Å². The van der Waals surface area contributed by atoms with Crippen LogP contribution >= 0.6 is 0 Å². The van der Waals surface area contributed by atoms with E-state index in [1.165, 1.54) is 6.92 Å². The molecule has 3 heteroatoms. The van der Waals surface area contributed by atoms with Gasteiger partial charge in [0.05, 0.1) is 12.3 Å². The minimum atomic E-state index is -0.0268. The normalized spacial score (nSPS) is 10.8. The molecular formula is C11H22N2O. The molecule has 14 heavy (non-hydrogen) atoms. The van der Waals surface area contributed by atoms with Gasteiger partial charge in [-0.05, 0) is 12.5 Å². The molecule has 0 atom stereocenters. The monoisotopic (exact) mass is 198 g/mol. The van der Waals surface area contributed by atoms with Crippen LogP contribution in [0, 0.1) is 0 Å². The predicted octanol–water partition coefficient (Wildman–Crippen LogP) is 2.19. The number of hydrogen-bond acceptors (Lipinski definition) is 2. The summed E-state index contributed by atoms with van der Waals surface area (Å²) in [6.45, 7) is 8.07. The van der Waals surface area contributed by atoms with Gasteiger partial charge in [-0.15, -0.1) is 0 Å². The summed E-state index contributed by atoms with van der Waals surface area (Å²) >= 11 is 0. The number of aliphatic imine (C=N–C) groups is 1. The van der Waals surface area contributed by atoms with Crippen molar-refractivity contribution in [2.24, 2.45) is 4.99 Å². The number of hydrogen-bond donors (Lipinski definition) is 1. The Morgan fingerprint density at radius 3 is 2.36 bits per heavy atom. The Morgan fingerprint density at radius 2 is 2.00 bits per heavy atom. The smallest absolute Gasteiger partial charge is 0.217 e. The van der Waals surface area contributed by atoms with Crippen molar-refractivity contribution in [3.63, 3.8) is 0 Å². The third-order valence-corrected chi connectivity index (χ3v) is 1.35. The maximum absolute atomic E-state index is 10.5. The number of rotatable bonds is 4. The maximum Gasteiger partial charge on any atom is 0.217 e.